The van der Waals surface area contributed by atoms with Gasteiger partial charge in [-0.05, 0) is 31.7 Å². The second kappa shape index (κ2) is 6.57. The normalized spacial score (nSPS) is 21.7. The van der Waals surface area contributed by atoms with Crippen LogP contribution in [0.2, 0.25) is 0 Å². The Morgan fingerprint density at radius 3 is 2.74 bits per heavy atom. The summed E-state index contributed by atoms with van der Waals surface area (Å²) in [6.45, 7) is 3.46. The number of nitrogens with one attached hydrogen (secondary N) is 1. The minimum atomic E-state index is -0.795. The van der Waals surface area contributed by atoms with Gasteiger partial charge >= 0.3 is 6.09 Å². The highest BCUT2D eigenvalue weighted by atomic mass is 16.4. The molecule has 19 heavy (non-hydrogen) atoms. The average Bonchev–Trinajstić information content (AvgIpc) is 2.65. The van der Waals surface area contributed by atoms with E-state index in [-0.39, 0.29) is 0 Å². The Balaban J connectivity index is 1.88. The number of rotatable bonds is 3. The molecule has 1 heterocycles. The predicted octanol–water partition coefficient (Wildman–Crippen LogP) is 2.87. The van der Waals surface area contributed by atoms with Crippen LogP contribution in [-0.2, 0) is 0 Å². The van der Waals surface area contributed by atoms with Gasteiger partial charge in [0.1, 0.15) is 0 Å². The highest BCUT2D eigenvalue weighted by molar-refractivity contribution is 5.64. The summed E-state index contributed by atoms with van der Waals surface area (Å²) in [7, 11) is 0. The Labute approximate surface area is 114 Å². The van der Waals surface area contributed by atoms with Gasteiger partial charge in [0, 0.05) is 25.2 Å². The van der Waals surface area contributed by atoms with E-state index in [0.717, 1.165) is 19.3 Å². The Bertz CT molecular complexity index is 408. The number of hydrogen-bond acceptors (Lipinski definition) is 2. The fraction of sp³-hybridized carbons (Fsp3) is 0.533. The monoisotopic (exact) mass is 262 g/mol. The summed E-state index contributed by atoms with van der Waals surface area (Å²) in [5, 5.41) is 12.6. The average molecular weight is 262 g/mol. The van der Waals surface area contributed by atoms with Crippen molar-refractivity contribution in [1.82, 2.24) is 10.2 Å². The van der Waals surface area contributed by atoms with Gasteiger partial charge in [-0.25, -0.2) is 4.79 Å². The van der Waals surface area contributed by atoms with E-state index in [2.05, 4.69) is 24.4 Å². The molecule has 1 aliphatic heterocycles. The molecule has 1 saturated heterocycles. The van der Waals surface area contributed by atoms with Crippen LogP contribution in [-0.4, -0.2) is 35.2 Å². The summed E-state index contributed by atoms with van der Waals surface area (Å²) in [6.07, 6.45) is 2.08. The zero-order valence-electron chi connectivity index (χ0n) is 11.4. The van der Waals surface area contributed by atoms with Crippen molar-refractivity contribution in [2.75, 3.05) is 13.1 Å². The lowest BCUT2D eigenvalue weighted by Gasteiger charge is -2.22. The van der Waals surface area contributed by atoms with Gasteiger partial charge in [0.05, 0.1) is 0 Å². The number of amides is 1. The standard InChI is InChI=1S/C15H22N2O2/c1-12(13-6-3-2-4-7-13)16-14-8-5-10-17(11-9-14)15(18)19/h2-4,6-7,12,14,16H,5,8-11H2,1H3,(H,18,19)/t12-,14-/m1/s1. The van der Waals surface area contributed by atoms with Gasteiger partial charge < -0.3 is 15.3 Å². The van der Waals surface area contributed by atoms with Crippen molar-refractivity contribution in [2.24, 2.45) is 0 Å². The topological polar surface area (TPSA) is 52.6 Å². The van der Waals surface area contributed by atoms with Crippen molar-refractivity contribution < 1.29 is 9.90 Å². The summed E-state index contributed by atoms with van der Waals surface area (Å²) in [5.74, 6) is 0. The maximum absolute atomic E-state index is 11.0. The molecule has 2 atom stereocenters. The molecule has 1 aromatic rings. The number of nitrogens with zero attached hydrogens (tertiary/aromatic N) is 1. The summed E-state index contributed by atoms with van der Waals surface area (Å²) < 4.78 is 0. The molecular weight excluding hydrogens is 240 g/mol. The first-order chi connectivity index (χ1) is 9.16. The van der Waals surface area contributed by atoms with Crippen LogP contribution in [0.4, 0.5) is 4.79 Å². The molecule has 0 saturated carbocycles. The molecule has 4 heteroatoms. The third-order valence-corrected chi connectivity index (χ3v) is 3.78. The first-order valence-electron chi connectivity index (χ1n) is 6.95. The van der Waals surface area contributed by atoms with Crippen LogP contribution >= 0.6 is 0 Å². The van der Waals surface area contributed by atoms with Gasteiger partial charge in [-0.1, -0.05) is 30.3 Å². The number of benzene rings is 1. The fourth-order valence-corrected chi connectivity index (χ4v) is 2.65. The van der Waals surface area contributed by atoms with Crippen molar-refractivity contribution in [3.05, 3.63) is 35.9 Å². The highest BCUT2D eigenvalue weighted by Crippen LogP contribution is 2.17. The van der Waals surface area contributed by atoms with Crippen LogP contribution in [0.3, 0.4) is 0 Å². The molecule has 2 rings (SSSR count). The maximum Gasteiger partial charge on any atom is 0.407 e. The van der Waals surface area contributed by atoms with E-state index in [1.165, 1.54) is 10.5 Å². The third kappa shape index (κ3) is 3.96. The zero-order chi connectivity index (χ0) is 13.7. The van der Waals surface area contributed by atoms with Gasteiger partial charge in [-0.2, -0.15) is 0 Å². The Kier molecular flexibility index (Phi) is 4.80. The molecule has 0 spiro atoms. The largest absolute Gasteiger partial charge is 0.465 e. The smallest absolute Gasteiger partial charge is 0.407 e. The summed E-state index contributed by atoms with van der Waals surface area (Å²) in [4.78, 5) is 12.5. The second-order valence-electron chi connectivity index (χ2n) is 5.20. The number of carboxylic acid groups (broad SMARTS) is 1. The number of carbonyl (C=O) groups is 1. The molecule has 1 aliphatic rings. The molecule has 0 unspecified atom stereocenters. The van der Waals surface area contributed by atoms with Crippen LogP contribution in [0.5, 0.6) is 0 Å². The Morgan fingerprint density at radius 1 is 1.32 bits per heavy atom. The second-order valence-corrected chi connectivity index (χ2v) is 5.20. The maximum atomic E-state index is 11.0. The molecule has 0 aliphatic carbocycles. The van der Waals surface area contributed by atoms with Gasteiger partial charge in [-0.3, -0.25) is 0 Å². The molecule has 0 aromatic heterocycles. The molecule has 2 N–H and O–H groups in total. The minimum absolute atomic E-state index is 0.308. The molecule has 0 radical (unpaired) electrons. The first kappa shape index (κ1) is 13.9. The third-order valence-electron chi connectivity index (χ3n) is 3.78. The minimum Gasteiger partial charge on any atom is -0.465 e. The zero-order valence-corrected chi connectivity index (χ0v) is 11.4. The van der Waals surface area contributed by atoms with E-state index < -0.39 is 6.09 Å². The van der Waals surface area contributed by atoms with E-state index >= 15 is 0 Å². The highest BCUT2D eigenvalue weighted by Gasteiger charge is 2.21. The van der Waals surface area contributed by atoms with Gasteiger partial charge in [-0.15, -0.1) is 0 Å². The number of likely N-dealkylation sites (tertiary alicyclic amines) is 1. The molecule has 1 amide bonds. The van der Waals surface area contributed by atoms with Gasteiger partial charge in [0.2, 0.25) is 0 Å². The first-order valence-corrected chi connectivity index (χ1v) is 6.95. The predicted molar refractivity (Wildman–Crippen MR) is 75.2 cm³/mol. The van der Waals surface area contributed by atoms with Crippen LogP contribution in [0, 0.1) is 0 Å². The molecule has 4 nitrogen and oxygen atoms in total. The molecular formula is C15H22N2O2. The van der Waals surface area contributed by atoms with E-state index in [9.17, 15) is 4.79 Å². The summed E-state index contributed by atoms with van der Waals surface area (Å²) >= 11 is 0. The van der Waals surface area contributed by atoms with Gasteiger partial charge in [0.25, 0.3) is 0 Å². The molecule has 104 valence electrons. The molecule has 1 fully saturated rings. The lowest BCUT2D eigenvalue weighted by molar-refractivity contribution is 0.146. The quantitative estimate of drug-likeness (QED) is 0.880. The fourth-order valence-electron chi connectivity index (χ4n) is 2.65. The van der Waals surface area contributed by atoms with Crippen LogP contribution in [0.15, 0.2) is 30.3 Å². The Morgan fingerprint density at radius 2 is 2.05 bits per heavy atom. The Hall–Kier alpha value is -1.55. The molecule has 1 aromatic carbocycles. The molecule has 0 bridgehead atoms. The van der Waals surface area contributed by atoms with E-state index in [0.29, 0.717) is 25.2 Å². The van der Waals surface area contributed by atoms with E-state index in [1.807, 2.05) is 18.2 Å². The van der Waals surface area contributed by atoms with Crippen molar-refractivity contribution >= 4 is 6.09 Å². The van der Waals surface area contributed by atoms with Crippen molar-refractivity contribution in [2.45, 2.75) is 38.3 Å². The van der Waals surface area contributed by atoms with Gasteiger partial charge in [0.15, 0.2) is 0 Å². The van der Waals surface area contributed by atoms with Crippen LogP contribution in [0.25, 0.3) is 0 Å². The van der Waals surface area contributed by atoms with E-state index in [1.54, 1.807) is 0 Å². The van der Waals surface area contributed by atoms with Crippen LogP contribution < -0.4 is 5.32 Å². The number of hydrogen-bond donors (Lipinski definition) is 2. The summed E-state index contributed by atoms with van der Waals surface area (Å²) in [6, 6.07) is 11.1. The van der Waals surface area contributed by atoms with E-state index in [4.69, 9.17) is 5.11 Å². The lowest BCUT2D eigenvalue weighted by atomic mass is 10.0. The van der Waals surface area contributed by atoms with Crippen molar-refractivity contribution in [3.63, 3.8) is 0 Å². The van der Waals surface area contributed by atoms with Crippen molar-refractivity contribution in [1.29, 1.82) is 0 Å². The summed E-state index contributed by atoms with van der Waals surface area (Å²) in [5.41, 5.74) is 1.28. The SMILES string of the molecule is C[C@@H](N[C@@H]1CCCN(C(=O)O)CC1)c1ccccc1. The van der Waals surface area contributed by atoms with Crippen LogP contribution in [0.1, 0.15) is 37.8 Å². The van der Waals surface area contributed by atoms with Crippen molar-refractivity contribution in [3.8, 4) is 0 Å². The lowest BCUT2D eigenvalue weighted by Crippen LogP contribution is -2.34.